The summed E-state index contributed by atoms with van der Waals surface area (Å²) in [6.07, 6.45) is 0. The molecule has 0 radical (unpaired) electrons. The van der Waals surface area contributed by atoms with E-state index in [2.05, 4.69) is 20.8 Å². The summed E-state index contributed by atoms with van der Waals surface area (Å²) in [6, 6.07) is 4.93. The zero-order valence-corrected chi connectivity index (χ0v) is 15.3. The van der Waals surface area contributed by atoms with Crippen molar-refractivity contribution in [2.75, 3.05) is 36.6 Å². The fourth-order valence-electron chi connectivity index (χ4n) is 1.50. The lowest BCUT2D eigenvalue weighted by Crippen LogP contribution is -2.13. The Balaban J connectivity index is 1.78. The molecule has 0 unspecified atom stereocenters. The van der Waals surface area contributed by atoms with Crippen LogP contribution in [-0.4, -0.2) is 42.1 Å². The number of aromatic nitrogens is 2. The number of hydrogen-bond acceptors (Lipinski definition) is 7. The Hall–Kier alpha value is -1.06. The minimum absolute atomic E-state index is 0.155. The lowest BCUT2D eigenvalue weighted by atomic mass is 10.3. The topological polar surface area (TPSA) is 76.1 Å². The predicted octanol–water partition coefficient (Wildman–Crippen LogP) is 3.63. The largest absolute Gasteiger partial charge is 0.383 e. The van der Waals surface area contributed by atoms with Crippen LogP contribution >= 0.6 is 46.3 Å². The van der Waals surface area contributed by atoms with Crippen molar-refractivity contribution in [1.82, 2.24) is 10.2 Å². The van der Waals surface area contributed by atoms with Gasteiger partial charge in [0.05, 0.1) is 22.4 Å². The minimum atomic E-state index is -0.155. The Bertz CT molecular complexity index is 669. The van der Waals surface area contributed by atoms with Crippen LogP contribution < -0.4 is 10.6 Å². The van der Waals surface area contributed by atoms with Crippen LogP contribution in [0.4, 0.5) is 10.8 Å². The number of carbonyl (C=O) groups excluding carboxylic acids is 1. The van der Waals surface area contributed by atoms with Crippen molar-refractivity contribution in [2.24, 2.45) is 0 Å². The van der Waals surface area contributed by atoms with Crippen molar-refractivity contribution >= 4 is 63.0 Å². The highest BCUT2D eigenvalue weighted by Crippen LogP contribution is 2.27. The Morgan fingerprint density at radius 1 is 1.35 bits per heavy atom. The number of hydrogen-bond donors (Lipinski definition) is 2. The van der Waals surface area contributed by atoms with E-state index in [0.717, 1.165) is 0 Å². The van der Waals surface area contributed by atoms with Gasteiger partial charge in [-0.05, 0) is 18.2 Å². The molecule has 0 bridgehead atoms. The lowest BCUT2D eigenvalue weighted by Gasteiger charge is -2.05. The van der Waals surface area contributed by atoms with Gasteiger partial charge in [-0.3, -0.25) is 4.79 Å². The summed E-state index contributed by atoms with van der Waals surface area (Å²) < 4.78 is 5.66. The number of carbonyl (C=O) groups is 1. The summed E-state index contributed by atoms with van der Waals surface area (Å²) in [7, 11) is 1.63. The fraction of sp³-hybridized carbons (Fsp3) is 0.308. The van der Waals surface area contributed by atoms with Gasteiger partial charge in [0.15, 0.2) is 4.34 Å². The van der Waals surface area contributed by atoms with E-state index in [1.807, 2.05) is 0 Å². The van der Waals surface area contributed by atoms with Crippen molar-refractivity contribution in [2.45, 2.75) is 4.34 Å². The summed E-state index contributed by atoms with van der Waals surface area (Å²) in [6.45, 7) is 1.25. The van der Waals surface area contributed by atoms with Gasteiger partial charge in [-0.15, -0.1) is 10.2 Å². The van der Waals surface area contributed by atoms with Gasteiger partial charge in [-0.25, -0.2) is 0 Å². The van der Waals surface area contributed by atoms with Crippen molar-refractivity contribution in [3.63, 3.8) is 0 Å². The summed E-state index contributed by atoms with van der Waals surface area (Å²) in [5, 5.41) is 15.4. The number of benzene rings is 1. The first-order valence-corrected chi connectivity index (χ1v) is 9.08. The van der Waals surface area contributed by atoms with E-state index in [0.29, 0.717) is 38.4 Å². The highest BCUT2D eigenvalue weighted by atomic mass is 35.5. The van der Waals surface area contributed by atoms with Gasteiger partial charge in [0.25, 0.3) is 0 Å². The van der Waals surface area contributed by atoms with Crippen molar-refractivity contribution < 1.29 is 9.53 Å². The van der Waals surface area contributed by atoms with E-state index >= 15 is 0 Å². The molecule has 10 heteroatoms. The number of nitrogens with zero attached hydrogens (tertiary/aromatic N) is 2. The maximum absolute atomic E-state index is 11.9. The van der Waals surface area contributed by atoms with Crippen LogP contribution in [0.25, 0.3) is 0 Å². The third-order valence-corrected chi connectivity index (χ3v) is 5.27. The molecule has 0 atom stereocenters. The maximum atomic E-state index is 11.9. The number of amides is 1. The monoisotopic (exact) mass is 392 g/mol. The Labute approximate surface area is 151 Å². The smallest absolute Gasteiger partial charge is 0.234 e. The van der Waals surface area contributed by atoms with Crippen molar-refractivity contribution in [3.8, 4) is 0 Å². The summed E-state index contributed by atoms with van der Waals surface area (Å²) in [5.74, 6) is 0.0740. The van der Waals surface area contributed by atoms with Gasteiger partial charge < -0.3 is 15.4 Å². The first kappa shape index (κ1) is 18.3. The van der Waals surface area contributed by atoms with E-state index in [-0.39, 0.29) is 11.7 Å². The number of halogens is 2. The van der Waals surface area contributed by atoms with Crippen LogP contribution in [0, 0.1) is 0 Å². The van der Waals surface area contributed by atoms with Gasteiger partial charge in [-0.1, -0.05) is 46.3 Å². The molecular formula is C13H14Cl2N4O2S2. The van der Waals surface area contributed by atoms with E-state index in [1.165, 1.54) is 23.1 Å². The number of thioether (sulfide) groups is 1. The molecule has 1 amide bonds. The molecule has 1 heterocycles. The van der Waals surface area contributed by atoms with E-state index in [1.54, 1.807) is 25.3 Å². The molecule has 1 aromatic heterocycles. The molecule has 0 saturated carbocycles. The predicted molar refractivity (Wildman–Crippen MR) is 96.1 cm³/mol. The third-order valence-electron chi connectivity index (χ3n) is 2.52. The average molecular weight is 393 g/mol. The molecule has 6 nitrogen and oxygen atoms in total. The minimum Gasteiger partial charge on any atom is -0.383 e. The summed E-state index contributed by atoms with van der Waals surface area (Å²) >= 11 is 14.4. The fourth-order valence-corrected chi connectivity index (χ4v) is 3.37. The number of ether oxygens (including phenoxy) is 1. The first-order chi connectivity index (χ1) is 11.1. The van der Waals surface area contributed by atoms with E-state index < -0.39 is 0 Å². The second-order valence-corrected chi connectivity index (χ2v) is 7.27. The van der Waals surface area contributed by atoms with Crippen molar-refractivity contribution in [3.05, 3.63) is 28.2 Å². The third kappa shape index (κ3) is 6.15. The molecule has 2 N–H and O–H groups in total. The summed E-state index contributed by atoms with van der Waals surface area (Å²) in [5.41, 5.74) is 0.601. The standard InChI is InChI=1S/C13H14Cl2N4O2S2/c1-21-5-4-16-12-18-19-13(23-12)22-7-11(20)17-8-2-3-9(14)10(15)6-8/h2-3,6H,4-5,7H2,1H3,(H,16,18)(H,17,20). The van der Waals surface area contributed by atoms with Gasteiger partial charge >= 0.3 is 0 Å². The van der Waals surface area contributed by atoms with Crippen LogP contribution in [0.3, 0.4) is 0 Å². The molecule has 124 valence electrons. The highest BCUT2D eigenvalue weighted by molar-refractivity contribution is 8.01. The molecule has 2 rings (SSSR count). The zero-order valence-electron chi connectivity index (χ0n) is 12.1. The number of anilines is 2. The molecule has 0 saturated heterocycles. The van der Waals surface area contributed by atoms with Crippen molar-refractivity contribution in [1.29, 1.82) is 0 Å². The molecule has 2 aromatic rings. The molecule has 0 aliphatic heterocycles. The Morgan fingerprint density at radius 3 is 2.91 bits per heavy atom. The molecule has 0 aliphatic carbocycles. The normalized spacial score (nSPS) is 10.6. The Kier molecular flexibility index (Phi) is 7.38. The second kappa shape index (κ2) is 9.29. The average Bonchev–Trinajstić information content (AvgIpc) is 2.97. The molecule has 23 heavy (non-hydrogen) atoms. The molecular weight excluding hydrogens is 379 g/mol. The zero-order chi connectivity index (χ0) is 16.7. The van der Waals surface area contributed by atoms with Gasteiger partial charge in [-0.2, -0.15) is 0 Å². The van der Waals surface area contributed by atoms with Crippen LogP contribution in [0.1, 0.15) is 0 Å². The quantitative estimate of drug-likeness (QED) is 0.527. The van der Waals surface area contributed by atoms with Crippen LogP contribution in [0.5, 0.6) is 0 Å². The van der Waals surface area contributed by atoms with E-state index in [4.69, 9.17) is 27.9 Å². The first-order valence-electron chi connectivity index (χ1n) is 6.52. The van der Waals surface area contributed by atoms with Crippen LogP contribution in [0.2, 0.25) is 10.0 Å². The van der Waals surface area contributed by atoms with Crippen LogP contribution in [-0.2, 0) is 9.53 Å². The number of nitrogens with one attached hydrogen (secondary N) is 2. The molecule has 1 aromatic carbocycles. The lowest BCUT2D eigenvalue weighted by molar-refractivity contribution is -0.113. The van der Waals surface area contributed by atoms with Gasteiger partial charge in [0.2, 0.25) is 11.0 Å². The van der Waals surface area contributed by atoms with Gasteiger partial charge in [0.1, 0.15) is 0 Å². The number of rotatable bonds is 8. The van der Waals surface area contributed by atoms with Gasteiger partial charge in [0, 0.05) is 19.3 Å². The number of methoxy groups -OCH3 is 1. The molecule has 0 spiro atoms. The summed E-state index contributed by atoms with van der Waals surface area (Å²) in [4.78, 5) is 11.9. The second-order valence-electron chi connectivity index (χ2n) is 4.26. The van der Waals surface area contributed by atoms with E-state index in [9.17, 15) is 4.79 Å². The molecule has 0 fully saturated rings. The SMILES string of the molecule is COCCNc1nnc(SCC(=O)Nc2ccc(Cl)c(Cl)c2)s1. The molecule has 0 aliphatic rings. The highest BCUT2D eigenvalue weighted by Gasteiger charge is 2.09. The Morgan fingerprint density at radius 2 is 2.17 bits per heavy atom. The van der Waals surface area contributed by atoms with Crippen LogP contribution in [0.15, 0.2) is 22.5 Å². The maximum Gasteiger partial charge on any atom is 0.234 e.